The number of halogens is 4. The molecule has 2 N–H and O–H groups in total. The molecule has 1 aromatic carbocycles. The first-order valence-corrected chi connectivity index (χ1v) is 6.11. The van der Waals surface area contributed by atoms with Crippen molar-refractivity contribution in [1.82, 2.24) is 5.32 Å². The van der Waals surface area contributed by atoms with Gasteiger partial charge >= 0.3 is 12.1 Å². The molecule has 128 valence electrons. The summed E-state index contributed by atoms with van der Waals surface area (Å²) in [6.45, 7) is 0. The highest BCUT2D eigenvalue weighted by Gasteiger charge is 2.36. The third-order valence-corrected chi connectivity index (χ3v) is 2.76. The van der Waals surface area contributed by atoms with Gasteiger partial charge in [-0.15, -0.1) is 0 Å². The summed E-state index contributed by atoms with van der Waals surface area (Å²) < 4.78 is 60.3. The first-order valence-electron chi connectivity index (χ1n) is 6.11. The van der Waals surface area contributed by atoms with E-state index in [1.54, 1.807) is 5.32 Å². The smallest absolute Gasteiger partial charge is 0.391 e. The number of carbonyl (C=O) groups is 2. The van der Waals surface area contributed by atoms with Crippen molar-refractivity contribution in [2.45, 2.75) is 18.6 Å². The molecule has 0 aromatic heterocycles. The molecule has 1 rings (SSSR count). The van der Waals surface area contributed by atoms with Gasteiger partial charge in [-0.25, -0.2) is 9.18 Å². The average molecular weight is 339 g/mol. The zero-order chi connectivity index (χ0) is 17.8. The van der Waals surface area contributed by atoms with Gasteiger partial charge < -0.3 is 19.9 Å². The van der Waals surface area contributed by atoms with Crippen LogP contribution in [0.4, 0.5) is 17.6 Å². The Labute approximate surface area is 128 Å². The van der Waals surface area contributed by atoms with Gasteiger partial charge in [-0.3, -0.25) is 4.79 Å². The van der Waals surface area contributed by atoms with Gasteiger partial charge in [0.1, 0.15) is 11.9 Å². The lowest BCUT2D eigenvalue weighted by Gasteiger charge is -2.17. The molecule has 0 aliphatic heterocycles. The number of nitrogens with one attached hydrogen (secondary N) is 1. The summed E-state index contributed by atoms with van der Waals surface area (Å²) in [5.74, 6) is -4.39. The van der Waals surface area contributed by atoms with Gasteiger partial charge in [0.25, 0.3) is 5.91 Å². The third kappa shape index (κ3) is 5.01. The number of ether oxygens (including phenoxy) is 2. The molecule has 0 aliphatic rings. The van der Waals surface area contributed by atoms with Gasteiger partial charge in [0.15, 0.2) is 11.5 Å². The minimum absolute atomic E-state index is 0.0355. The Morgan fingerprint density at radius 1 is 1.22 bits per heavy atom. The van der Waals surface area contributed by atoms with E-state index in [2.05, 4.69) is 0 Å². The number of aliphatic carboxylic acids is 1. The lowest BCUT2D eigenvalue weighted by Crippen LogP contribution is -2.43. The monoisotopic (exact) mass is 339 g/mol. The minimum Gasteiger partial charge on any atom is -0.493 e. The molecule has 1 amide bonds. The molecule has 23 heavy (non-hydrogen) atoms. The van der Waals surface area contributed by atoms with Crippen molar-refractivity contribution in [3.05, 3.63) is 23.5 Å². The Kier molecular flexibility index (Phi) is 5.77. The van der Waals surface area contributed by atoms with Crippen LogP contribution in [0.3, 0.4) is 0 Å². The van der Waals surface area contributed by atoms with Crippen LogP contribution < -0.4 is 14.8 Å². The van der Waals surface area contributed by atoms with E-state index in [4.69, 9.17) is 14.6 Å². The highest BCUT2D eigenvalue weighted by molar-refractivity contribution is 5.97. The molecule has 0 heterocycles. The maximum Gasteiger partial charge on any atom is 0.391 e. The Morgan fingerprint density at radius 2 is 1.74 bits per heavy atom. The molecular formula is C13H13F4NO5. The summed E-state index contributed by atoms with van der Waals surface area (Å²) >= 11 is 0. The lowest BCUT2D eigenvalue weighted by atomic mass is 10.1. The molecule has 1 aromatic rings. The topological polar surface area (TPSA) is 84.9 Å². The Hall–Kier alpha value is -2.52. The van der Waals surface area contributed by atoms with Crippen LogP contribution in [0.15, 0.2) is 12.1 Å². The Balaban J connectivity index is 3.06. The summed E-state index contributed by atoms with van der Waals surface area (Å²) in [4.78, 5) is 22.7. The number of benzene rings is 1. The first-order chi connectivity index (χ1) is 10.6. The predicted molar refractivity (Wildman–Crippen MR) is 69.1 cm³/mol. The van der Waals surface area contributed by atoms with Crippen LogP contribution >= 0.6 is 0 Å². The zero-order valence-electron chi connectivity index (χ0n) is 12.0. The highest BCUT2D eigenvalue weighted by Crippen LogP contribution is 2.30. The lowest BCUT2D eigenvalue weighted by molar-refractivity contribution is -0.157. The molecule has 0 bridgehead atoms. The van der Waals surface area contributed by atoms with Crippen LogP contribution in [0.5, 0.6) is 11.5 Å². The first kappa shape index (κ1) is 18.5. The number of hydrogen-bond donors (Lipinski definition) is 2. The van der Waals surface area contributed by atoms with Crippen LogP contribution in [-0.4, -0.2) is 43.4 Å². The number of hydrogen-bond acceptors (Lipinski definition) is 4. The maximum absolute atomic E-state index is 13.8. The number of carboxylic acids is 1. The molecule has 1 atom stereocenters. The van der Waals surface area contributed by atoms with E-state index in [0.717, 1.165) is 12.1 Å². The fourth-order valence-corrected chi connectivity index (χ4v) is 1.70. The summed E-state index contributed by atoms with van der Waals surface area (Å²) in [6.07, 6.45) is -6.60. The number of carbonyl (C=O) groups excluding carboxylic acids is 1. The predicted octanol–water partition coefficient (Wildman–Crippen LogP) is 1.98. The number of rotatable bonds is 6. The van der Waals surface area contributed by atoms with E-state index in [9.17, 15) is 27.2 Å². The minimum atomic E-state index is -4.81. The van der Waals surface area contributed by atoms with Crippen molar-refractivity contribution in [2.24, 2.45) is 0 Å². The Bertz CT molecular complexity index is 603. The molecule has 0 radical (unpaired) electrons. The van der Waals surface area contributed by atoms with Crippen molar-refractivity contribution < 1.29 is 41.7 Å². The van der Waals surface area contributed by atoms with E-state index in [1.807, 2.05) is 0 Å². The fourth-order valence-electron chi connectivity index (χ4n) is 1.70. The molecule has 1 unspecified atom stereocenters. The summed E-state index contributed by atoms with van der Waals surface area (Å²) in [5, 5.41) is 10.4. The summed E-state index contributed by atoms with van der Waals surface area (Å²) in [5.41, 5.74) is -0.670. The second kappa shape index (κ2) is 7.16. The largest absolute Gasteiger partial charge is 0.493 e. The normalized spacial score (nSPS) is 12.4. The molecule has 0 fully saturated rings. The number of alkyl halides is 3. The van der Waals surface area contributed by atoms with Gasteiger partial charge in [0.2, 0.25) is 0 Å². The van der Waals surface area contributed by atoms with Gasteiger partial charge in [-0.05, 0) is 6.07 Å². The van der Waals surface area contributed by atoms with Crippen molar-refractivity contribution >= 4 is 11.9 Å². The third-order valence-electron chi connectivity index (χ3n) is 2.76. The van der Waals surface area contributed by atoms with Crippen molar-refractivity contribution in [1.29, 1.82) is 0 Å². The van der Waals surface area contributed by atoms with Crippen LogP contribution in [0.1, 0.15) is 16.8 Å². The van der Waals surface area contributed by atoms with E-state index in [1.165, 1.54) is 14.2 Å². The second-order valence-corrected chi connectivity index (χ2v) is 4.37. The number of carboxylic acid groups (broad SMARTS) is 1. The van der Waals surface area contributed by atoms with Crippen LogP contribution in [-0.2, 0) is 4.79 Å². The molecule has 0 spiro atoms. The zero-order valence-corrected chi connectivity index (χ0v) is 12.0. The molecule has 6 nitrogen and oxygen atoms in total. The van der Waals surface area contributed by atoms with E-state index < -0.39 is 41.9 Å². The standard InChI is InChI=1S/C13H13F4NO5/c1-22-9-3-6(7(14)4-10(9)23-2)11(19)18-8(12(20)21)5-13(15,16)17/h3-4,8H,5H2,1-2H3,(H,18,19)(H,20,21). The fraction of sp³-hybridized carbons (Fsp3) is 0.385. The molecule has 0 saturated carbocycles. The van der Waals surface area contributed by atoms with E-state index in [-0.39, 0.29) is 11.5 Å². The quantitative estimate of drug-likeness (QED) is 0.774. The van der Waals surface area contributed by atoms with Crippen molar-refractivity contribution in [3.8, 4) is 11.5 Å². The Morgan fingerprint density at radius 3 is 2.17 bits per heavy atom. The van der Waals surface area contributed by atoms with E-state index >= 15 is 0 Å². The summed E-state index contributed by atoms with van der Waals surface area (Å²) in [6, 6.07) is -0.543. The van der Waals surface area contributed by atoms with Crippen molar-refractivity contribution in [2.75, 3.05) is 14.2 Å². The van der Waals surface area contributed by atoms with Crippen LogP contribution in [0.25, 0.3) is 0 Å². The molecular weight excluding hydrogens is 326 g/mol. The van der Waals surface area contributed by atoms with Gasteiger partial charge in [0.05, 0.1) is 26.2 Å². The summed E-state index contributed by atoms with van der Waals surface area (Å²) in [7, 11) is 2.43. The van der Waals surface area contributed by atoms with Gasteiger partial charge in [0, 0.05) is 6.07 Å². The van der Waals surface area contributed by atoms with Crippen LogP contribution in [0.2, 0.25) is 0 Å². The SMILES string of the molecule is COc1cc(F)c(C(=O)NC(CC(F)(F)F)C(=O)O)cc1OC. The average Bonchev–Trinajstić information content (AvgIpc) is 2.44. The van der Waals surface area contributed by atoms with E-state index in [0.29, 0.717) is 0 Å². The number of methoxy groups -OCH3 is 2. The van der Waals surface area contributed by atoms with Gasteiger partial charge in [-0.1, -0.05) is 0 Å². The highest BCUT2D eigenvalue weighted by atomic mass is 19.4. The molecule has 10 heteroatoms. The molecule has 0 aliphatic carbocycles. The maximum atomic E-state index is 13.8. The second-order valence-electron chi connectivity index (χ2n) is 4.37. The van der Waals surface area contributed by atoms with Crippen molar-refractivity contribution in [3.63, 3.8) is 0 Å². The van der Waals surface area contributed by atoms with Gasteiger partial charge in [-0.2, -0.15) is 13.2 Å². The number of amides is 1. The molecule has 0 saturated heterocycles. The van der Waals surface area contributed by atoms with Crippen LogP contribution in [0, 0.1) is 5.82 Å².